The summed E-state index contributed by atoms with van der Waals surface area (Å²) < 4.78 is 0.934. The molecule has 2 rings (SSSR count). The smallest absolute Gasteiger partial charge is 0.151 e. The minimum Gasteiger partial charge on any atom is -0.396 e. The Balaban J connectivity index is 2.00. The van der Waals surface area contributed by atoms with E-state index in [2.05, 4.69) is 37.6 Å². The Morgan fingerprint density at radius 3 is 2.65 bits per heavy atom. The van der Waals surface area contributed by atoms with Crippen molar-refractivity contribution in [2.75, 3.05) is 43.4 Å². The van der Waals surface area contributed by atoms with E-state index in [9.17, 15) is 0 Å². The van der Waals surface area contributed by atoms with Crippen molar-refractivity contribution < 1.29 is 0 Å². The Bertz CT molecular complexity index is 375. The molecule has 94 valence electrons. The van der Waals surface area contributed by atoms with Crippen LogP contribution in [0.25, 0.3) is 0 Å². The van der Waals surface area contributed by atoms with E-state index < -0.39 is 0 Å². The van der Waals surface area contributed by atoms with Crippen LogP contribution < -0.4 is 10.6 Å². The van der Waals surface area contributed by atoms with Crippen LogP contribution in [0.15, 0.2) is 16.7 Å². The Labute approximate surface area is 111 Å². The quantitative estimate of drug-likeness (QED) is 0.927. The minimum absolute atomic E-state index is 0.753. The van der Waals surface area contributed by atoms with E-state index in [-0.39, 0.29) is 0 Å². The van der Waals surface area contributed by atoms with Gasteiger partial charge in [-0.15, -0.1) is 0 Å². The number of anilines is 2. The van der Waals surface area contributed by atoms with Gasteiger partial charge >= 0.3 is 0 Å². The largest absolute Gasteiger partial charge is 0.396 e. The fourth-order valence-electron chi connectivity index (χ4n) is 2.21. The maximum absolute atomic E-state index is 6.00. The van der Waals surface area contributed by atoms with Crippen LogP contribution >= 0.6 is 15.9 Å². The van der Waals surface area contributed by atoms with Crippen molar-refractivity contribution in [1.29, 1.82) is 0 Å². The van der Waals surface area contributed by atoms with Crippen molar-refractivity contribution in [2.24, 2.45) is 0 Å². The van der Waals surface area contributed by atoms with Crippen molar-refractivity contribution in [3.63, 3.8) is 0 Å². The lowest BCUT2D eigenvalue weighted by Crippen LogP contribution is -2.47. The fourth-order valence-corrected chi connectivity index (χ4v) is 2.56. The van der Waals surface area contributed by atoms with Crippen LogP contribution in [0.4, 0.5) is 11.5 Å². The first-order valence-electron chi connectivity index (χ1n) is 6.09. The molecule has 17 heavy (non-hydrogen) atoms. The molecule has 2 heterocycles. The third kappa shape index (κ3) is 3.10. The lowest BCUT2D eigenvalue weighted by Gasteiger charge is -2.35. The van der Waals surface area contributed by atoms with Gasteiger partial charge in [0.15, 0.2) is 5.82 Å². The summed E-state index contributed by atoms with van der Waals surface area (Å²) >= 11 is 3.38. The number of nitrogens with zero attached hydrogens (tertiary/aromatic N) is 3. The van der Waals surface area contributed by atoms with Crippen molar-refractivity contribution >= 4 is 27.4 Å². The first-order valence-corrected chi connectivity index (χ1v) is 6.88. The molecule has 0 aliphatic carbocycles. The fraction of sp³-hybridized carbons (Fsp3) is 0.583. The molecule has 1 saturated heterocycles. The van der Waals surface area contributed by atoms with Gasteiger partial charge in [-0.1, -0.05) is 6.92 Å². The molecular weight excluding hydrogens is 280 g/mol. The van der Waals surface area contributed by atoms with Gasteiger partial charge in [-0.05, 0) is 35.0 Å². The number of halogens is 1. The standard InChI is InChI=1S/C12H19BrN4/c1-2-3-16-4-6-17(7-5-16)12-11(14)8-10(13)9-15-12/h8-9H,2-7,14H2,1H3. The maximum Gasteiger partial charge on any atom is 0.151 e. The van der Waals surface area contributed by atoms with Crippen LogP contribution in [-0.4, -0.2) is 42.6 Å². The SMILES string of the molecule is CCCN1CCN(c2ncc(Br)cc2N)CC1. The van der Waals surface area contributed by atoms with E-state index in [1.54, 1.807) is 0 Å². The Hall–Kier alpha value is -0.810. The Kier molecular flexibility index (Phi) is 4.23. The molecule has 0 saturated carbocycles. The second kappa shape index (κ2) is 5.69. The van der Waals surface area contributed by atoms with Crippen LogP contribution in [0.3, 0.4) is 0 Å². The lowest BCUT2D eigenvalue weighted by molar-refractivity contribution is 0.258. The van der Waals surface area contributed by atoms with Crippen molar-refractivity contribution in [1.82, 2.24) is 9.88 Å². The van der Waals surface area contributed by atoms with E-state index in [1.807, 2.05) is 12.3 Å². The zero-order valence-corrected chi connectivity index (χ0v) is 11.8. The molecule has 1 aromatic rings. The summed E-state index contributed by atoms with van der Waals surface area (Å²) in [5.41, 5.74) is 6.75. The summed E-state index contributed by atoms with van der Waals surface area (Å²) in [7, 11) is 0. The highest BCUT2D eigenvalue weighted by Gasteiger charge is 2.18. The summed E-state index contributed by atoms with van der Waals surface area (Å²) in [5.74, 6) is 0.921. The maximum atomic E-state index is 6.00. The first-order chi connectivity index (χ1) is 8.20. The number of hydrogen-bond donors (Lipinski definition) is 1. The molecule has 1 aliphatic heterocycles. The Morgan fingerprint density at radius 2 is 2.06 bits per heavy atom. The summed E-state index contributed by atoms with van der Waals surface area (Å²) in [6.07, 6.45) is 3.03. The number of pyridine rings is 1. The van der Waals surface area contributed by atoms with Crippen LogP contribution in [0.5, 0.6) is 0 Å². The molecule has 1 fully saturated rings. The third-order valence-corrected chi connectivity index (χ3v) is 3.51. The third-order valence-electron chi connectivity index (χ3n) is 3.07. The highest BCUT2D eigenvalue weighted by atomic mass is 79.9. The summed E-state index contributed by atoms with van der Waals surface area (Å²) in [5, 5.41) is 0. The van der Waals surface area contributed by atoms with Gasteiger partial charge in [0.05, 0.1) is 5.69 Å². The minimum atomic E-state index is 0.753. The molecule has 0 atom stereocenters. The van der Waals surface area contributed by atoms with Crippen LogP contribution in [0, 0.1) is 0 Å². The van der Waals surface area contributed by atoms with Gasteiger partial charge in [-0.2, -0.15) is 0 Å². The normalized spacial score (nSPS) is 17.4. The number of piperazine rings is 1. The van der Waals surface area contributed by atoms with E-state index in [0.717, 1.165) is 42.2 Å². The van der Waals surface area contributed by atoms with Gasteiger partial charge < -0.3 is 10.6 Å². The molecular formula is C12H19BrN4. The predicted molar refractivity (Wildman–Crippen MR) is 75.3 cm³/mol. The highest BCUT2D eigenvalue weighted by Crippen LogP contribution is 2.24. The zero-order valence-electron chi connectivity index (χ0n) is 10.2. The second-order valence-corrected chi connectivity index (χ2v) is 5.31. The van der Waals surface area contributed by atoms with Crippen LogP contribution in [0.2, 0.25) is 0 Å². The van der Waals surface area contributed by atoms with Gasteiger partial charge in [0.25, 0.3) is 0 Å². The average Bonchev–Trinajstić information content (AvgIpc) is 2.31. The second-order valence-electron chi connectivity index (χ2n) is 4.40. The van der Waals surface area contributed by atoms with Gasteiger partial charge in [-0.25, -0.2) is 4.98 Å². The summed E-state index contributed by atoms with van der Waals surface area (Å²) in [6.45, 7) is 7.64. The molecule has 4 nitrogen and oxygen atoms in total. The van der Waals surface area contributed by atoms with Crippen LogP contribution in [0.1, 0.15) is 13.3 Å². The summed E-state index contributed by atoms with van der Waals surface area (Å²) in [4.78, 5) is 9.17. The molecule has 0 unspecified atom stereocenters. The van der Waals surface area contributed by atoms with Gasteiger partial charge in [0, 0.05) is 36.8 Å². The number of nitrogen functional groups attached to an aromatic ring is 1. The number of rotatable bonds is 3. The first kappa shape index (κ1) is 12.6. The van der Waals surface area contributed by atoms with E-state index >= 15 is 0 Å². The number of aromatic nitrogens is 1. The van der Waals surface area contributed by atoms with Crippen molar-refractivity contribution in [3.05, 3.63) is 16.7 Å². The van der Waals surface area contributed by atoms with E-state index in [4.69, 9.17) is 5.73 Å². The topological polar surface area (TPSA) is 45.4 Å². The average molecular weight is 299 g/mol. The predicted octanol–water partition coefficient (Wildman–Crippen LogP) is 1.96. The molecule has 1 aromatic heterocycles. The number of hydrogen-bond acceptors (Lipinski definition) is 4. The molecule has 5 heteroatoms. The van der Waals surface area contributed by atoms with E-state index in [0.29, 0.717) is 0 Å². The molecule has 0 aromatic carbocycles. The number of nitrogens with two attached hydrogens (primary N) is 1. The lowest BCUT2D eigenvalue weighted by atomic mass is 10.2. The van der Waals surface area contributed by atoms with Crippen molar-refractivity contribution in [3.8, 4) is 0 Å². The molecule has 0 amide bonds. The van der Waals surface area contributed by atoms with Crippen LogP contribution in [-0.2, 0) is 0 Å². The highest BCUT2D eigenvalue weighted by molar-refractivity contribution is 9.10. The monoisotopic (exact) mass is 298 g/mol. The van der Waals surface area contributed by atoms with Gasteiger partial charge in [0.1, 0.15) is 0 Å². The molecule has 2 N–H and O–H groups in total. The van der Waals surface area contributed by atoms with Crippen molar-refractivity contribution in [2.45, 2.75) is 13.3 Å². The Morgan fingerprint density at radius 1 is 1.35 bits per heavy atom. The zero-order chi connectivity index (χ0) is 12.3. The van der Waals surface area contributed by atoms with Gasteiger partial charge in [0.2, 0.25) is 0 Å². The molecule has 0 bridgehead atoms. The summed E-state index contributed by atoms with van der Waals surface area (Å²) in [6, 6.07) is 1.92. The van der Waals surface area contributed by atoms with E-state index in [1.165, 1.54) is 13.0 Å². The molecule has 0 spiro atoms. The molecule has 0 radical (unpaired) electrons. The van der Waals surface area contributed by atoms with Gasteiger partial charge in [-0.3, -0.25) is 4.90 Å². The molecule has 1 aliphatic rings.